The summed E-state index contributed by atoms with van der Waals surface area (Å²) in [6.45, 7) is 3.23. The first-order valence-electron chi connectivity index (χ1n) is 5.51. The van der Waals surface area contributed by atoms with Crippen LogP contribution in [0.4, 0.5) is 22.0 Å². The van der Waals surface area contributed by atoms with Gasteiger partial charge in [-0.15, -0.1) is 11.3 Å². The molecule has 114 valence electrons. The maximum atomic E-state index is 13.4. The smallest absolute Gasteiger partial charge is 0.458 e. The largest absolute Gasteiger partial charge is 0.485 e. The summed E-state index contributed by atoms with van der Waals surface area (Å²) in [6.07, 6.45) is -6.72. The van der Waals surface area contributed by atoms with E-state index in [1.807, 2.05) is 0 Å². The second-order valence-electron chi connectivity index (χ2n) is 5.09. The number of aliphatic hydroxyl groups excluding tert-OH is 1. The number of hydrogen-bond donors (Lipinski definition) is 1. The highest BCUT2D eigenvalue weighted by Gasteiger charge is 2.61. The van der Waals surface area contributed by atoms with Crippen molar-refractivity contribution in [2.24, 2.45) is 0 Å². The Bertz CT molecular complexity index is 538. The Balaban J connectivity index is 2.57. The summed E-state index contributed by atoms with van der Waals surface area (Å²) in [4.78, 5) is -1.22. The number of halogens is 6. The van der Waals surface area contributed by atoms with E-state index in [0.29, 0.717) is 0 Å². The number of thiophene rings is 1. The van der Waals surface area contributed by atoms with Crippen molar-refractivity contribution < 1.29 is 31.8 Å². The quantitative estimate of drug-likeness (QED) is 0.711. The minimum Gasteiger partial charge on any atom is -0.485 e. The second kappa shape index (κ2) is 4.54. The maximum absolute atomic E-state index is 13.4. The molecule has 9 heteroatoms. The van der Waals surface area contributed by atoms with Crippen molar-refractivity contribution in [1.29, 1.82) is 0 Å². The third-order valence-electron chi connectivity index (χ3n) is 2.84. The maximum Gasteiger partial charge on any atom is 0.458 e. The van der Waals surface area contributed by atoms with Gasteiger partial charge in [-0.2, -0.15) is 22.0 Å². The third-order valence-corrected chi connectivity index (χ3v) is 5.20. The molecule has 1 unspecified atom stereocenters. The fourth-order valence-corrected chi connectivity index (χ4v) is 3.95. The van der Waals surface area contributed by atoms with E-state index < -0.39 is 33.2 Å². The van der Waals surface area contributed by atoms with Gasteiger partial charge >= 0.3 is 12.1 Å². The van der Waals surface area contributed by atoms with Crippen molar-refractivity contribution in [1.82, 2.24) is 0 Å². The van der Waals surface area contributed by atoms with Gasteiger partial charge in [0.05, 0.1) is 15.5 Å². The Morgan fingerprint density at radius 1 is 1.30 bits per heavy atom. The van der Waals surface area contributed by atoms with Crippen LogP contribution >= 0.6 is 27.3 Å². The Kier molecular flexibility index (Phi) is 3.63. The van der Waals surface area contributed by atoms with Gasteiger partial charge in [0.2, 0.25) is 0 Å². The Morgan fingerprint density at radius 3 is 2.35 bits per heavy atom. The van der Waals surface area contributed by atoms with E-state index in [1.165, 1.54) is 0 Å². The van der Waals surface area contributed by atoms with Crippen LogP contribution in [0.5, 0.6) is 5.75 Å². The Labute approximate surface area is 123 Å². The molecule has 0 aliphatic carbocycles. The zero-order chi connectivity index (χ0) is 15.5. The predicted octanol–water partition coefficient (Wildman–Crippen LogP) is 4.76. The van der Waals surface area contributed by atoms with E-state index in [2.05, 4.69) is 15.9 Å². The number of hydrogen-bond acceptors (Lipinski definition) is 3. The monoisotopic (exact) mass is 380 g/mol. The molecule has 20 heavy (non-hydrogen) atoms. The van der Waals surface area contributed by atoms with Crippen molar-refractivity contribution in [3.8, 4) is 5.75 Å². The summed E-state index contributed by atoms with van der Waals surface area (Å²) in [6, 6.07) is 0. The number of alkyl halides is 5. The zero-order valence-electron chi connectivity index (χ0n) is 10.3. The van der Waals surface area contributed by atoms with Gasteiger partial charge in [0, 0.05) is 6.42 Å². The van der Waals surface area contributed by atoms with Crippen LogP contribution in [0, 0.1) is 0 Å². The topological polar surface area (TPSA) is 29.5 Å². The minimum atomic E-state index is -5.70. The molecule has 1 atom stereocenters. The zero-order valence-corrected chi connectivity index (χ0v) is 12.7. The van der Waals surface area contributed by atoms with Gasteiger partial charge in [0.25, 0.3) is 0 Å². The van der Waals surface area contributed by atoms with E-state index in [0.717, 1.165) is 0 Å². The normalized spacial score (nSPS) is 22.4. The highest BCUT2D eigenvalue weighted by atomic mass is 79.9. The summed E-state index contributed by atoms with van der Waals surface area (Å²) in [5.41, 5.74) is -0.846. The Hall–Kier alpha value is -0.410. The molecule has 0 aromatic carbocycles. The first kappa shape index (κ1) is 16.0. The van der Waals surface area contributed by atoms with Gasteiger partial charge in [0.1, 0.15) is 10.5 Å². The molecule has 0 fully saturated rings. The fourth-order valence-electron chi connectivity index (χ4n) is 1.93. The molecule has 0 saturated carbocycles. The lowest BCUT2D eigenvalue weighted by Crippen LogP contribution is -2.34. The van der Waals surface area contributed by atoms with Gasteiger partial charge in [-0.25, -0.2) is 0 Å². The molecule has 1 aliphatic rings. The van der Waals surface area contributed by atoms with Gasteiger partial charge < -0.3 is 9.84 Å². The molecule has 2 rings (SSSR count). The highest BCUT2D eigenvalue weighted by molar-refractivity contribution is 9.10. The van der Waals surface area contributed by atoms with E-state index in [4.69, 9.17) is 4.74 Å². The van der Waals surface area contributed by atoms with Crippen LogP contribution in [0.1, 0.15) is 36.1 Å². The minimum absolute atomic E-state index is 0.0184. The average molecular weight is 381 g/mol. The summed E-state index contributed by atoms with van der Waals surface area (Å²) in [5.74, 6) is -5.14. The van der Waals surface area contributed by atoms with Crippen LogP contribution < -0.4 is 4.74 Å². The summed E-state index contributed by atoms with van der Waals surface area (Å²) in [5, 5.41) is 9.89. The molecule has 0 radical (unpaired) electrons. The highest BCUT2D eigenvalue weighted by Crippen LogP contribution is 2.56. The third kappa shape index (κ3) is 2.43. The molecule has 1 aliphatic heterocycles. The predicted molar refractivity (Wildman–Crippen MR) is 66.3 cm³/mol. The van der Waals surface area contributed by atoms with E-state index in [9.17, 15) is 27.1 Å². The van der Waals surface area contributed by atoms with Crippen LogP contribution in [0.15, 0.2) is 4.47 Å². The SMILES string of the molecule is CC1(C)CC(O)c2sc(C(F)(F)C(F)(F)F)c(Br)c2O1. The van der Waals surface area contributed by atoms with Crippen molar-refractivity contribution in [3.05, 3.63) is 14.2 Å². The molecule has 2 heterocycles. The number of rotatable bonds is 1. The van der Waals surface area contributed by atoms with Gasteiger partial charge in [-0.3, -0.25) is 0 Å². The Morgan fingerprint density at radius 2 is 1.85 bits per heavy atom. The van der Waals surface area contributed by atoms with Gasteiger partial charge in [-0.05, 0) is 29.8 Å². The lowest BCUT2D eigenvalue weighted by molar-refractivity contribution is -0.288. The van der Waals surface area contributed by atoms with Crippen molar-refractivity contribution in [2.45, 2.75) is 44.1 Å². The molecular formula is C11H10BrF5O2S. The van der Waals surface area contributed by atoms with Gasteiger partial charge in [-0.1, -0.05) is 0 Å². The lowest BCUT2D eigenvalue weighted by Gasteiger charge is -2.33. The number of fused-ring (bicyclic) bond motifs is 1. The average Bonchev–Trinajstić information content (AvgIpc) is 2.54. The van der Waals surface area contributed by atoms with Crippen molar-refractivity contribution in [3.63, 3.8) is 0 Å². The number of aliphatic hydroxyl groups is 1. The lowest BCUT2D eigenvalue weighted by atomic mass is 9.96. The summed E-state index contributed by atoms with van der Waals surface area (Å²) >= 11 is 2.95. The second-order valence-corrected chi connectivity index (χ2v) is 6.94. The summed E-state index contributed by atoms with van der Waals surface area (Å²) < 4.78 is 69.2. The fraction of sp³-hybridized carbons (Fsp3) is 0.636. The van der Waals surface area contributed by atoms with Crippen LogP contribution in [0.3, 0.4) is 0 Å². The molecule has 0 spiro atoms. The van der Waals surface area contributed by atoms with Crippen LogP contribution in [-0.4, -0.2) is 16.9 Å². The van der Waals surface area contributed by atoms with Gasteiger partial charge in [0.15, 0.2) is 5.75 Å². The van der Waals surface area contributed by atoms with E-state index in [1.54, 1.807) is 13.8 Å². The molecule has 2 nitrogen and oxygen atoms in total. The molecular weight excluding hydrogens is 371 g/mol. The van der Waals surface area contributed by atoms with Crippen LogP contribution in [-0.2, 0) is 5.92 Å². The van der Waals surface area contributed by atoms with Crippen molar-refractivity contribution in [2.75, 3.05) is 0 Å². The standard InChI is InChI=1S/C11H10BrF5O2S/c1-9(2)3-4(18)7-6(19-9)5(12)8(20-7)10(13,14)11(15,16)17/h4,18H,3H2,1-2H3. The van der Waals surface area contributed by atoms with Crippen LogP contribution in [0.25, 0.3) is 0 Å². The van der Waals surface area contributed by atoms with E-state index >= 15 is 0 Å². The van der Waals surface area contributed by atoms with Crippen LogP contribution in [0.2, 0.25) is 0 Å². The molecule has 0 saturated heterocycles. The van der Waals surface area contributed by atoms with E-state index in [-0.39, 0.29) is 28.4 Å². The molecule has 1 N–H and O–H groups in total. The molecule has 0 amide bonds. The first-order chi connectivity index (χ1) is 8.87. The number of ether oxygens (including phenoxy) is 1. The molecule has 1 aromatic rings. The first-order valence-corrected chi connectivity index (χ1v) is 7.12. The molecule has 0 bridgehead atoms. The van der Waals surface area contributed by atoms with Crippen molar-refractivity contribution >= 4 is 27.3 Å². The molecule has 1 aromatic heterocycles. The summed E-state index contributed by atoms with van der Waals surface area (Å²) in [7, 11) is 0.